The van der Waals surface area contributed by atoms with Crippen LogP contribution in [0, 0.1) is 0 Å². The van der Waals surface area contributed by atoms with Gasteiger partial charge in [0.15, 0.2) is 0 Å². The van der Waals surface area contributed by atoms with Gasteiger partial charge in [-0.3, -0.25) is 0 Å². The molecule has 0 heterocycles. The van der Waals surface area contributed by atoms with Crippen molar-refractivity contribution in [1.82, 2.24) is 0 Å². The fourth-order valence-electron chi connectivity index (χ4n) is 1.78. The first kappa shape index (κ1) is 17.1. The summed E-state index contributed by atoms with van der Waals surface area (Å²) in [6, 6.07) is 8.47. The third-order valence-corrected chi connectivity index (χ3v) is 3.18. The first-order chi connectivity index (χ1) is 9.77. The summed E-state index contributed by atoms with van der Waals surface area (Å²) in [4.78, 5) is 0. The van der Waals surface area contributed by atoms with Gasteiger partial charge in [0, 0.05) is 20.3 Å². The smallest absolute Gasteiger partial charge is 0.0716 e. The molecular formula is C16H27NO3. The summed E-state index contributed by atoms with van der Waals surface area (Å²) in [6.45, 7) is 6.19. The van der Waals surface area contributed by atoms with Crippen LogP contribution in [0.4, 0.5) is 0 Å². The summed E-state index contributed by atoms with van der Waals surface area (Å²) in [5, 5.41) is 0. The molecule has 0 aliphatic carbocycles. The number of nitrogens with two attached hydrogens (primary N) is 1. The van der Waals surface area contributed by atoms with E-state index in [4.69, 9.17) is 19.9 Å². The lowest BCUT2D eigenvalue weighted by molar-refractivity contribution is 0.0483. The van der Waals surface area contributed by atoms with Gasteiger partial charge >= 0.3 is 0 Å². The lowest BCUT2D eigenvalue weighted by Gasteiger charge is -2.10. The highest BCUT2D eigenvalue weighted by atomic mass is 16.5. The molecule has 0 saturated carbocycles. The van der Waals surface area contributed by atoms with Gasteiger partial charge in [-0.05, 0) is 30.0 Å². The van der Waals surface area contributed by atoms with E-state index in [2.05, 4.69) is 31.2 Å². The Morgan fingerprint density at radius 3 is 2.35 bits per heavy atom. The van der Waals surface area contributed by atoms with Crippen molar-refractivity contribution in [3.05, 3.63) is 35.4 Å². The van der Waals surface area contributed by atoms with Crippen molar-refractivity contribution in [2.75, 3.05) is 40.1 Å². The molecule has 2 N–H and O–H groups in total. The maximum absolute atomic E-state index is 5.65. The van der Waals surface area contributed by atoms with Crippen molar-refractivity contribution in [3.8, 4) is 0 Å². The molecule has 0 aromatic heterocycles. The van der Waals surface area contributed by atoms with Crippen LogP contribution in [0.2, 0.25) is 0 Å². The van der Waals surface area contributed by atoms with Crippen LogP contribution < -0.4 is 5.73 Å². The second-order valence-corrected chi connectivity index (χ2v) is 4.89. The number of hydrogen-bond acceptors (Lipinski definition) is 4. The van der Waals surface area contributed by atoms with Gasteiger partial charge in [0.25, 0.3) is 0 Å². The Labute approximate surface area is 122 Å². The van der Waals surface area contributed by atoms with Crippen LogP contribution >= 0.6 is 0 Å². The van der Waals surface area contributed by atoms with Gasteiger partial charge in [-0.2, -0.15) is 0 Å². The third-order valence-electron chi connectivity index (χ3n) is 3.18. The monoisotopic (exact) mass is 281 g/mol. The van der Waals surface area contributed by atoms with Crippen LogP contribution in [-0.4, -0.2) is 40.1 Å². The topological polar surface area (TPSA) is 53.7 Å². The van der Waals surface area contributed by atoms with E-state index in [1.165, 1.54) is 11.1 Å². The van der Waals surface area contributed by atoms with Crippen molar-refractivity contribution in [2.45, 2.75) is 25.9 Å². The molecule has 1 rings (SSSR count). The molecule has 4 heteroatoms. The van der Waals surface area contributed by atoms with E-state index in [0.29, 0.717) is 38.9 Å². The largest absolute Gasteiger partial charge is 0.382 e. The number of methoxy groups -OCH3 is 1. The molecule has 0 bridgehead atoms. The van der Waals surface area contributed by atoms with Crippen molar-refractivity contribution in [3.63, 3.8) is 0 Å². The number of ether oxygens (including phenoxy) is 3. The maximum Gasteiger partial charge on any atom is 0.0716 e. The normalized spacial score (nSPS) is 12.6. The SMILES string of the molecule is COCCOCCCOCc1ccc(C(C)CN)cc1. The Morgan fingerprint density at radius 1 is 1.00 bits per heavy atom. The van der Waals surface area contributed by atoms with Crippen molar-refractivity contribution in [2.24, 2.45) is 5.73 Å². The Kier molecular flexibility index (Phi) is 9.24. The standard InChI is InChI=1S/C16H27NO3/c1-14(12-17)16-6-4-15(5-7-16)13-20-9-3-8-19-11-10-18-2/h4-7,14H,3,8-13,17H2,1-2H3. The second-order valence-electron chi connectivity index (χ2n) is 4.89. The molecule has 0 fully saturated rings. The highest BCUT2D eigenvalue weighted by molar-refractivity contribution is 5.24. The van der Waals surface area contributed by atoms with Crippen LogP contribution in [0.3, 0.4) is 0 Å². The van der Waals surface area contributed by atoms with Crippen LogP contribution in [0.1, 0.15) is 30.4 Å². The second kappa shape index (κ2) is 10.8. The first-order valence-electron chi connectivity index (χ1n) is 7.21. The molecule has 0 spiro atoms. The Hall–Kier alpha value is -0.940. The minimum Gasteiger partial charge on any atom is -0.382 e. The summed E-state index contributed by atoms with van der Waals surface area (Å²) in [5.74, 6) is 0.411. The lowest BCUT2D eigenvalue weighted by atomic mass is 10.0. The molecule has 20 heavy (non-hydrogen) atoms. The van der Waals surface area contributed by atoms with E-state index in [9.17, 15) is 0 Å². The van der Waals surface area contributed by atoms with E-state index in [1.54, 1.807) is 7.11 Å². The van der Waals surface area contributed by atoms with Gasteiger partial charge in [0.1, 0.15) is 0 Å². The average Bonchev–Trinajstić information content (AvgIpc) is 2.50. The van der Waals surface area contributed by atoms with E-state index in [1.807, 2.05) is 0 Å². The van der Waals surface area contributed by atoms with Crippen LogP contribution in [0.5, 0.6) is 0 Å². The van der Waals surface area contributed by atoms with E-state index < -0.39 is 0 Å². The maximum atomic E-state index is 5.65. The fraction of sp³-hybridized carbons (Fsp3) is 0.625. The minimum absolute atomic E-state index is 0.411. The lowest BCUT2D eigenvalue weighted by Crippen LogP contribution is -2.08. The molecule has 1 atom stereocenters. The summed E-state index contributed by atoms with van der Waals surface area (Å²) in [6.07, 6.45) is 0.909. The van der Waals surface area contributed by atoms with Crippen molar-refractivity contribution in [1.29, 1.82) is 0 Å². The molecule has 0 saturated heterocycles. The summed E-state index contributed by atoms with van der Waals surface area (Å²) in [5.41, 5.74) is 8.13. The molecule has 1 aromatic rings. The summed E-state index contributed by atoms with van der Waals surface area (Å²) in [7, 11) is 1.67. The Bertz CT molecular complexity index is 340. The minimum atomic E-state index is 0.411. The van der Waals surface area contributed by atoms with Crippen LogP contribution in [0.25, 0.3) is 0 Å². The molecule has 0 aliphatic heterocycles. The average molecular weight is 281 g/mol. The zero-order valence-corrected chi connectivity index (χ0v) is 12.6. The predicted molar refractivity (Wildman–Crippen MR) is 80.9 cm³/mol. The van der Waals surface area contributed by atoms with Gasteiger partial charge in [-0.1, -0.05) is 31.2 Å². The van der Waals surface area contributed by atoms with E-state index >= 15 is 0 Å². The highest BCUT2D eigenvalue weighted by Crippen LogP contribution is 2.14. The van der Waals surface area contributed by atoms with E-state index in [-0.39, 0.29) is 0 Å². The Balaban J connectivity index is 2.10. The Morgan fingerprint density at radius 2 is 1.70 bits per heavy atom. The van der Waals surface area contributed by atoms with Gasteiger partial charge in [0.2, 0.25) is 0 Å². The number of rotatable bonds is 11. The highest BCUT2D eigenvalue weighted by Gasteiger charge is 2.02. The zero-order valence-electron chi connectivity index (χ0n) is 12.6. The molecule has 4 nitrogen and oxygen atoms in total. The van der Waals surface area contributed by atoms with Crippen molar-refractivity contribution >= 4 is 0 Å². The molecule has 1 aromatic carbocycles. The summed E-state index contributed by atoms with van der Waals surface area (Å²) >= 11 is 0. The molecule has 0 radical (unpaired) electrons. The van der Waals surface area contributed by atoms with Gasteiger partial charge < -0.3 is 19.9 Å². The van der Waals surface area contributed by atoms with Crippen LogP contribution in [-0.2, 0) is 20.8 Å². The van der Waals surface area contributed by atoms with Gasteiger partial charge in [-0.25, -0.2) is 0 Å². The number of benzene rings is 1. The molecule has 0 aliphatic rings. The van der Waals surface area contributed by atoms with Crippen molar-refractivity contribution < 1.29 is 14.2 Å². The number of hydrogen-bond donors (Lipinski definition) is 1. The molecule has 114 valence electrons. The first-order valence-corrected chi connectivity index (χ1v) is 7.21. The quantitative estimate of drug-likeness (QED) is 0.632. The fourth-order valence-corrected chi connectivity index (χ4v) is 1.78. The van der Waals surface area contributed by atoms with E-state index in [0.717, 1.165) is 13.0 Å². The third kappa shape index (κ3) is 7.01. The molecule has 0 amide bonds. The summed E-state index contributed by atoms with van der Waals surface area (Å²) < 4.78 is 15.9. The molecule has 1 unspecified atom stereocenters. The zero-order chi connectivity index (χ0) is 14.6. The molecular weight excluding hydrogens is 254 g/mol. The predicted octanol–water partition coefficient (Wildman–Crippen LogP) is 2.32. The van der Waals surface area contributed by atoms with Gasteiger partial charge in [-0.15, -0.1) is 0 Å². The van der Waals surface area contributed by atoms with Gasteiger partial charge in [0.05, 0.1) is 19.8 Å². The van der Waals surface area contributed by atoms with Crippen LogP contribution in [0.15, 0.2) is 24.3 Å².